The number of hydrogen-bond acceptors (Lipinski definition) is 8. The number of allylic oxidation sites excluding steroid dienone is 6. The molecule has 1 amide bonds. The van der Waals surface area contributed by atoms with Crippen molar-refractivity contribution in [3.05, 3.63) is 36.5 Å². The van der Waals surface area contributed by atoms with E-state index >= 15 is 0 Å². The number of nitrogens with one attached hydrogen (secondary N) is 1. The molecule has 0 spiro atoms. The number of carbonyl (C=O) groups is 3. The van der Waals surface area contributed by atoms with Gasteiger partial charge in [-0.25, -0.2) is 9.36 Å². The monoisotopic (exact) mass is 842 g/mol. The molecular weight excluding hydrogens is 757 g/mol. The van der Waals surface area contributed by atoms with Crippen molar-refractivity contribution in [2.24, 2.45) is 0 Å². The molecule has 0 aromatic heterocycles. The molecule has 3 atom stereocenters. The van der Waals surface area contributed by atoms with Crippen LogP contribution in [0.1, 0.15) is 206 Å². The van der Waals surface area contributed by atoms with E-state index in [1.165, 1.54) is 96.3 Å². The highest BCUT2D eigenvalue weighted by molar-refractivity contribution is 7.47. The largest absolute Gasteiger partial charge is 0.480 e. The molecule has 0 saturated carbocycles. The topological polar surface area (TPSA) is 169 Å². The minimum Gasteiger partial charge on any atom is -0.480 e. The van der Waals surface area contributed by atoms with E-state index in [4.69, 9.17) is 13.8 Å². The lowest BCUT2D eigenvalue weighted by atomic mass is 10.0. The van der Waals surface area contributed by atoms with Gasteiger partial charge in [0.05, 0.1) is 13.2 Å². The summed E-state index contributed by atoms with van der Waals surface area (Å²) in [4.78, 5) is 46.0. The number of ether oxygens (including phenoxy) is 1. The van der Waals surface area contributed by atoms with Crippen molar-refractivity contribution in [2.45, 2.75) is 219 Å². The summed E-state index contributed by atoms with van der Waals surface area (Å²) in [5.74, 6) is -2.38. The maximum Gasteiger partial charge on any atom is 0.472 e. The molecule has 4 N–H and O–H groups in total. The highest BCUT2D eigenvalue weighted by Gasteiger charge is 2.28. The second-order valence-electron chi connectivity index (χ2n) is 15.6. The van der Waals surface area contributed by atoms with Gasteiger partial charge in [-0.1, -0.05) is 179 Å². The number of aliphatic hydroxyl groups is 1. The van der Waals surface area contributed by atoms with Crippen LogP contribution in [0.25, 0.3) is 0 Å². The van der Waals surface area contributed by atoms with E-state index in [1.807, 2.05) is 0 Å². The predicted octanol–water partition coefficient (Wildman–Crippen LogP) is 12.0. The Morgan fingerprint density at radius 1 is 0.552 bits per heavy atom. The smallest absolute Gasteiger partial charge is 0.472 e. The molecule has 12 heteroatoms. The molecule has 0 fully saturated rings. The third-order valence-corrected chi connectivity index (χ3v) is 10.9. The Morgan fingerprint density at radius 3 is 1.45 bits per heavy atom. The van der Waals surface area contributed by atoms with Crippen LogP contribution in [0.2, 0.25) is 0 Å². The lowest BCUT2D eigenvalue weighted by Crippen LogP contribution is -2.43. The van der Waals surface area contributed by atoms with Crippen LogP contribution in [0.4, 0.5) is 0 Å². The lowest BCUT2D eigenvalue weighted by molar-refractivity contribution is -0.147. The summed E-state index contributed by atoms with van der Waals surface area (Å²) in [6, 6.07) is -1.55. The molecule has 0 aliphatic rings. The van der Waals surface area contributed by atoms with Gasteiger partial charge in [0.2, 0.25) is 5.91 Å². The zero-order valence-electron chi connectivity index (χ0n) is 36.6. The molecule has 0 heterocycles. The van der Waals surface area contributed by atoms with Gasteiger partial charge >= 0.3 is 19.8 Å². The Kier molecular flexibility index (Phi) is 39.8. The van der Waals surface area contributed by atoms with Crippen molar-refractivity contribution in [3.63, 3.8) is 0 Å². The van der Waals surface area contributed by atoms with Gasteiger partial charge in [0.15, 0.2) is 6.04 Å². The Bertz CT molecular complexity index is 1130. The van der Waals surface area contributed by atoms with Crippen LogP contribution in [0, 0.1) is 0 Å². The Hall–Kier alpha value is -2.30. The molecule has 0 aromatic rings. The van der Waals surface area contributed by atoms with E-state index in [0.717, 1.165) is 70.6 Å². The fourth-order valence-corrected chi connectivity index (χ4v) is 7.09. The molecule has 11 nitrogen and oxygen atoms in total. The van der Waals surface area contributed by atoms with E-state index in [-0.39, 0.29) is 12.8 Å². The van der Waals surface area contributed by atoms with Gasteiger partial charge in [-0.05, 0) is 51.4 Å². The van der Waals surface area contributed by atoms with E-state index in [0.29, 0.717) is 12.8 Å². The van der Waals surface area contributed by atoms with E-state index in [9.17, 15) is 34.1 Å². The maximum absolute atomic E-state index is 12.3. The quantitative estimate of drug-likeness (QED) is 0.0201. The van der Waals surface area contributed by atoms with Crippen molar-refractivity contribution in [2.75, 3.05) is 19.8 Å². The number of aliphatic hydroxyl groups excluding tert-OH is 1. The van der Waals surface area contributed by atoms with Crippen molar-refractivity contribution < 1.29 is 47.8 Å². The van der Waals surface area contributed by atoms with Gasteiger partial charge in [0, 0.05) is 12.8 Å². The number of carboxylic acids is 1. The number of phosphoric ester groups is 1. The summed E-state index contributed by atoms with van der Waals surface area (Å²) in [6.45, 7) is 2.57. The lowest BCUT2D eigenvalue weighted by Gasteiger charge is -2.18. The van der Waals surface area contributed by atoms with Gasteiger partial charge in [-0.2, -0.15) is 0 Å². The van der Waals surface area contributed by atoms with Gasteiger partial charge in [-0.15, -0.1) is 0 Å². The predicted molar refractivity (Wildman–Crippen MR) is 236 cm³/mol. The van der Waals surface area contributed by atoms with Crippen LogP contribution in [0.3, 0.4) is 0 Å². The number of rotatable bonds is 43. The zero-order chi connectivity index (χ0) is 42.8. The Balaban J connectivity index is 3.90. The SMILES string of the molecule is CCCCC/C=C\C/C=C\C/C=C\CCCCCCCCC(=O)NC(COP(=O)(O)OCC(O)COC(=O)CCCCCCCCCCCCCCCCC)C(=O)O. The fourth-order valence-electron chi connectivity index (χ4n) is 6.32. The summed E-state index contributed by atoms with van der Waals surface area (Å²) in [5.41, 5.74) is 0. The number of unbranched alkanes of at least 4 members (excludes halogenated alkanes) is 23. The van der Waals surface area contributed by atoms with E-state index < -0.39 is 57.6 Å². The zero-order valence-corrected chi connectivity index (χ0v) is 37.5. The third-order valence-electron chi connectivity index (χ3n) is 9.93. The number of esters is 1. The highest BCUT2D eigenvalue weighted by Crippen LogP contribution is 2.43. The van der Waals surface area contributed by atoms with Gasteiger partial charge in [0.1, 0.15) is 12.7 Å². The molecule has 0 aliphatic heterocycles. The normalized spacial score (nSPS) is 14.0. The first kappa shape index (κ1) is 55.7. The molecule has 338 valence electrons. The number of carboxylic acid groups (broad SMARTS) is 1. The summed E-state index contributed by atoms with van der Waals surface area (Å²) in [6.07, 6.45) is 44.4. The van der Waals surface area contributed by atoms with Crippen molar-refractivity contribution in [1.82, 2.24) is 5.32 Å². The first-order chi connectivity index (χ1) is 28.1. The number of amides is 1. The molecule has 0 rings (SSSR count). The first-order valence-electron chi connectivity index (χ1n) is 23.0. The molecule has 0 saturated heterocycles. The van der Waals surface area contributed by atoms with Crippen LogP contribution in [0.5, 0.6) is 0 Å². The van der Waals surface area contributed by atoms with E-state index in [2.05, 4.69) is 55.6 Å². The number of carbonyl (C=O) groups excluding carboxylic acids is 2. The van der Waals surface area contributed by atoms with Crippen LogP contribution in [0.15, 0.2) is 36.5 Å². The molecule has 58 heavy (non-hydrogen) atoms. The summed E-state index contributed by atoms with van der Waals surface area (Å²) in [7, 11) is -4.76. The van der Waals surface area contributed by atoms with Crippen LogP contribution in [-0.4, -0.2) is 64.9 Å². The van der Waals surface area contributed by atoms with Gasteiger partial charge in [-0.3, -0.25) is 18.6 Å². The summed E-state index contributed by atoms with van der Waals surface area (Å²) in [5, 5.41) is 21.8. The maximum atomic E-state index is 12.3. The standard InChI is InChI=1S/C46H84NO10P/c1-3-5-7-9-11-13-15-17-19-20-21-22-24-25-27-29-31-33-35-37-44(49)47-43(46(51)52)41-57-58(53,54)56-40-42(48)39-55-45(50)38-36-34-32-30-28-26-23-18-16-14-12-10-8-6-4-2/h11,13,17,19,21-22,42-43,48H,3-10,12,14-16,18,20,23-41H2,1-2H3,(H,47,49)(H,51,52)(H,53,54)/b13-11-,19-17-,22-21-. The minimum atomic E-state index is -4.76. The molecule has 0 aromatic carbocycles. The molecular formula is C46H84NO10P. The van der Waals surface area contributed by atoms with Gasteiger partial charge in [0.25, 0.3) is 0 Å². The second-order valence-corrected chi connectivity index (χ2v) is 17.0. The second kappa shape index (κ2) is 41.4. The summed E-state index contributed by atoms with van der Waals surface area (Å²) >= 11 is 0. The molecule has 0 aliphatic carbocycles. The highest BCUT2D eigenvalue weighted by atomic mass is 31.2. The fraction of sp³-hybridized carbons (Fsp3) is 0.804. The van der Waals surface area contributed by atoms with Crippen LogP contribution < -0.4 is 5.32 Å². The number of phosphoric acid groups is 1. The van der Waals surface area contributed by atoms with Crippen LogP contribution >= 0.6 is 7.82 Å². The molecule has 3 unspecified atom stereocenters. The molecule has 0 bridgehead atoms. The van der Waals surface area contributed by atoms with Crippen molar-refractivity contribution in [1.29, 1.82) is 0 Å². The van der Waals surface area contributed by atoms with E-state index in [1.54, 1.807) is 0 Å². The Labute approximate surface area is 352 Å². The van der Waals surface area contributed by atoms with Crippen molar-refractivity contribution in [3.8, 4) is 0 Å². The van der Waals surface area contributed by atoms with Crippen molar-refractivity contribution >= 4 is 25.7 Å². The number of hydrogen-bond donors (Lipinski definition) is 4. The average Bonchev–Trinajstić information content (AvgIpc) is 3.20. The Morgan fingerprint density at radius 2 is 0.948 bits per heavy atom. The number of aliphatic carboxylic acids is 1. The summed E-state index contributed by atoms with van der Waals surface area (Å²) < 4.78 is 26.9. The third kappa shape index (κ3) is 40.5. The first-order valence-corrected chi connectivity index (χ1v) is 24.5. The van der Waals surface area contributed by atoms with Crippen LogP contribution in [-0.2, 0) is 32.7 Å². The molecule has 0 radical (unpaired) electrons. The average molecular weight is 842 g/mol. The van der Waals surface area contributed by atoms with Gasteiger partial charge < -0.3 is 25.2 Å². The minimum absolute atomic E-state index is 0.131.